The Balaban J connectivity index is 0.00000363. The molecule has 32 heavy (non-hydrogen) atoms. The van der Waals surface area contributed by atoms with Crippen molar-refractivity contribution in [2.45, 2.75) is 130 Å². The van der Waals surface area contributed by atoms with Gasteiger partial charge in [0, 0.05) is 6.92 Å². The Hall–Kier alpha value is -0.0900. The van der Waals surface area contributed by atoms with E-state index >= 15 is 0 Å². The van der Waals surface area contributed by atoms with Crippen LogP contribution in [0, 0.1) is 23.2 Å². The quantitative estimate of drug-likeness (QED) is 0.200. The topological polar surface area (TPSA) is 29.1 Å². The summed E-state index contributed by atoms with van der Waals surface area (Å²) in [5.74, 6) is 2.93. The fourth-order valence-electron chi connectivity index (χ4n) is 7.89. The maximum absolute atomic E-state index is 13.6. The molecule has 1 N–H and O–H groups in total. The molecule has 0 aromatic rings. The summed E-state index contributed by atoms with van der Waals surface area (Å²) in [4.78, 5) is 13.6. The van der Waals surface area contributed by atoms with Crippen molar-refractivity contribution >= 4 is 5.91 Å². The van der Waals surface area contributed by atoms with Gasteiger partial charge in [-0.3, -0.25) is 4.79 Å². The second-order valence-electron chi connectivity index (χ2n) is 11.8. The first-order chi connectivity index (χ1) is 15.0. The van der Waals surface area contributed by atoms with E-state index in [9.17, 15) is 4.79 Å². The summed E-state index contributed by atoms with van der Waals surface area (Å²) in [6.07, 6.45) is 20.4. The number of nitrogens with zero attached hydrogens (tertiary/aromatic N) is 1. The monoisotopic (exact) mass is 512 g/mol. The molecular weight excluding hydrogens is 460 g/mol. The van der Waals surface area contributed by atoms with Gasteiger partial charge in [-0.1, -0.05) is 51.9 Å². The van der Waals surface area contributed by atoms with Crippen LogP contribution in [0.1, 0.15) is 124 Å². The molecule has 0 aromatic carbocycles. The number of carbonyl (C=O) groups excluding carboxylic acids is 1. The molecule has 4 bridgehead atoms. The highest BCUT2D eigenvalue weighted by Gasteiger charge is 2.55. The fraction of sp³-hybridized carbons (Fsp3) is 0.964. The minimum atomic E-state index is -0.0159. The normalized spacial score (nSPS) is 29.6. The molecule has 4 fully saturated rings. The summed E-state index contributed by atoms with van der Waals surface area (Å²) in [7, 11) is 0. The average Bonchev–Trinajstić information content (AvgIpc) is 2.74. The zero-order valence-electron chi connectivity index (χ0n) is 21.8. The SMILES string of the molecule is CCCCCCCCCCC[N+](CC)(CC)C(C)NC(=O)C12CC3CC(CC(C3)C1)C2.[Br-]. The molecule has 3 nitrogen and oxygen atoms in total. The van der Waals surface area contributed by atoms with Crippen LogP contribution >= 0.6 is 0 Å². The maximum Gasteiger partial charge on any atom is 0.230 e. The zero-order valence-corrected chi connectivity index (χ0v) is 23.4. The van der Waals surface area contributed by atoms with E-state index in [0.717, 1.165) is 35.3 Å². The third-order valence-corrected chi connectivity index (χ3v) is 9.65. The number of nitrogens with one attached hydrogen (secondary N) is 1. The molecule has 0 radical (unpaired) electrons. The van der Waals surface area contributed by atoms with E-state index in [1.54, 1.807) is 0 Å². The standard InChI is InChI=1S/C28H52N2O.BrH/c1-5-8-9-10-11-12-13-14-15-16-30(6-2,7-3)23(4)29-27(31)28-20-24-17-25(21-28)19-26(18-24)22-28;/h23-26H,5-22H2,1-4H3;1H. The number of carbonyl (C=O) groups is 1. The van der Waals surface area contributed by atoms with Crippen molar-refractivity contribution < 1.29 is 26.3 Å². The van der Waals surface area contributed by atoms with Crippen LogP contribution in [0.5, 0.6) is 0 Å². The van der Waals surface area contributed by atoms with Crippen molar-refractivity contribution in [2.75, 3.05) is 19.6 Å². The Kier molecular flexibility index (Phi) is 11.5. The zero-order chi connectivity index (χ0) is 22.3. The van der Waals surface area contributed by atoms with Gasteiger partial charge < -0.3 is 26.8 Å². The lowest BCUT2D eigenvalue weighted by Gasteiger charge is -2.56. The van der Waals surface area contributed by atoms with Crippen LogP contribution in [0.25, 0.3) is 0 Å². The van der Waals surface area contributed by atoms with E-state index in [2.05, 4.69) is 33.0 Å². The van der Waals surface area contributed by atoms with Gasteiger partial charge in [0.25, 0.3) is 0 Å². The molecule has 0 aliphatic heterocycles. The molecule has 1 atom stereocenters. The van der Waals surface area contributed by atoms with Crippen LogP contribution in [0.2, 0.25) is 0 Å². The van der Waals surface area contributed by atoms with Gasteiger partial charge in [-0.05, 0) is 83.0 Å². The highest BCUT2D eigenvalue weighted by atomic mass is 79.9. The predicted molar refractivity (Wildman–Crippen MR) is 132 cm³/mol. The number of halogens is 1. The summed E-state index contributed by atoms with van der Waals surface area (Å²) >= 11 is 0. The lowest BCUT2D eigenvalue weighted by atomic mass is 9.49. The molecule has 1 amide bonds. The van der Waals surface area contributed by atoms with Gasteiger partial charge in [-0.15, -0.1) is 0 Å². The Morgan fingerprint density at radius 3 is 1.69 bits per heavy atom. The Morgan fingerprint density at radius 2 is 1.25 bits per heavy atom. The molecule has 1 unspecified atom stereocenters. The summed E-state index contributed by atoms with van der Waals surface area (Å²) in [6, 6.07) is 0. The first kappa shape index (κ1) is 28.1. The predicted octanol–water partition coefficient (Wildman–Crippen LogP) is 4.06. The third kappa shape index (κ3) is 6.74. The van der Waals surface area contributed by atoms with Crippen molar-refractivity contribution in [3.05, 3.63) is 0 Å². The molecule has 0 spiro atoms. The maximum atomic E-state index is 13.6. The summed E-state index contributed by atoms with van der Waals surface area (Å²) < 4.78 is 1.05. The fourth-order valence-corrected chi connectivity index (χ4v) is 7.89. The second-order valence-corrected chi connectivity index (χ2v) is 11.8. The highest BCUT2D eigenvalue weighted by Crippen LogP contribution is 2.60. The molecule has 4 rings (SSSR count). The van der Waals surface area contributed by atoms with E-state index < -0.39 is 0 Å². The van der Waals surface area contributed by atoms with Gasteiger partial charge in [-0.25, -0.2) is 0 Å². The first-order valence-electron chi connectivity index (χ1n) is 14.1. The van der Waals surface area contributed by atoms with E-state index in [0.29, 0.717) is 5.91 Å². The molecular formula is C28H53BrN2O. The van der Waals surface area contributed by atoms with Crippen molar-refractivity contribution in [3.8, 4) is 0 Å². The smallest absolute Gasteiger partial charge is 0.230 e. The van der Waals surface area contributed by atoms with Crippen LogP contribution in [0.15, 0.2) is 0 Å². The van der Waals surface area contributed by atoms with Gasteiger partial charge in [0.15, 0.2) is 6.17 Å². The van der Waals surface area contributed by atoms with Crippen molar-refractivity contribution in [1.82, 2.24) is 5.32 Å². The number of amides is 1. The number of rotatable bonds is 15. The van der Waals surface area contributed by atoms with Crippen molar-refractivity contribution in [1.29, 1.82) is 0 Å². The summed E-state index contributed by atoms with van der Waals surface area (Å²) in [5, 5.41) is 3.59. The Morgan fingerprint density at radius 1 is 0.812 bits per heavy atom. The van der Waals surface area contributed by atoms with E-state index in [1.165, 1.54) is 103 Å². The number of unbranched alkanes of at least 4 members (excludes halogenated alkanes) is 8. The van der Waals surface area contributed by atoms with Gasteiger partial charge in [0.05, 0.1) is 25.0 Å². The molecule has 0 aromatic heterocycles. The minimum absolute atomic E-state index is 0. The molecule has 4 saturated carbocycles. The highest BCUT2D eigenvalue weighted by molar-refractivity contribution is 5.83. The van der Waals surface area contributed by atoms with Crippen LogP contribution in [0.3, 0.4) is 0 Å². The van der Waals surface area contributed by atoms with Gasteiger partial charge in [0.2, 0.25) is 5.91 Å². The first-order valence-corrected chi connectivity index (χ1v) is 14.1. The molecule has 4 heteroatoms. The van der Waals surface area contributed by atoms with Crippen LogP contribution in [0.4, 0.5) is 0 Å². The average molecular weight is 514 g/mol. The van der Waals surface area contributed by atoms with E-state index in [-0.39, 0.29) is 28.6 Å². The lowest BCUT2D eigenvalue weighted by Crippen LogP contribution is -3.00. The van der Waals surface area contributed by atoms with Crippen LogP contribution in [-0.4, -0.2) is 36.2 Å². The molecule has 188 valence electrons. The molecule has 0 heterocycles. The van der Waals surface area contributed by atoms with Gasteiger partial charge in [-0.2, -0.15) is 0 Å². The lowest BCUT2D eigenvalue weighted by molar-refractivity contribution is -0.948. The molecule has 4 aliphatic carbocycles. The largest absolute Gasteiger partial charge is 1.00 e. The molecule has 4 aliphatic rings. The number of quaternary nitrogens is 1. The summed E-state index contributed by atoms with van der Waals surface area (Å²) in [6.45, 7) is 12.7. The van der Waals surface area contributed by atoms with Crippen molar-refractivity contribution in [3.63, 3.8) is 0 Å². The third-order valence-electron chi connectivity index (χ3n) is 9.65. The summed E-state index contributed by atoms with van der Waals surface area (Å²) in [5.41, 5.74) is -0.0159. The molecule has 0 saturated heterocycles. The van der Waals surface area contributed by atoms with Gasteiger partial charge >= 0.3 is 0 Å². The second kappa shape index (κ2) is 13.1. The Bertz CT molecular complexity index is 524. The number of hydrogen-bond acceptors (Lipinski definition) is 1. The van der Waals surface area contributed by atoms with Crippen molar-refractivity contribution in [2.24, 2.45) is 23.2 Å². The van der Waals surface area contributed by atoms with Crippen LogP contribution in [-0.2, 0) is 4.79 Å². The van der Waals surface area contributed by atoms with E-state index in [4.69, 9.17) is 0 Å². The van der Waals surface area contributed by atoms with E-state index in [1.807, 2.05) is 0 Å². The minimum Gasteiger partial charge on any atom is -1.00 e. The van der Waals surface area contributed by atoms with Gasteiger partial charge in [0.1, 0.15) is 0 Å². The van der Waals surface area contributed by atoms with Crippen LogP contribution < -0.4 is 22.3 Å². The Labute approximate surface area is 210 Å². The number of hydrogen-bond donors (Lipinski definition) is 1.